The summed E-state index contributed by atoms with van der Waals surface area (Å²) in [4.78, 5) is 16.3. The maximum atomic E-state index is 12.2. The lowest BCUT2D eigenvalue weighted by Gasteiger charge is -2.31. The SMILES string of the molecule is Cn1cc([C@H]2OCCC[C@@H]2NC(=O)NCc2nccn2C)cn1. The summed E-state index contributed by atoms with van der Waals surface area (Å²) < 4.78 is 9.47. The number of aryl methyl sites for hydroxylation is 2. The third kappa shape index (κ3) is 3.70. The van der Waals surface area contributed by atoms with E-state index in [0.717, 1.165) is 24.2 Å². The molecule has 1 saturated heterocycles. The molecule has 0 radical (unpaired) electrons. The second kappa shape index (κ2) is 6.82. The number of amides is 2. The van der Waals surface area contributed by atoms with Gasteiger partial charge in [-0.3, -0.25) is 4.68 Å². The molecule has 8 heteroatoms. The van der Waals surface area contributed by atoms with Gasteiger partial charge in [-0.05, 0) is 12.8 Å². The summed E-state index contributed by atoms with van der Waals surface area (Å²) in [7, 11) is 3.77. The van der Waals surface area contributed by atoms with E-state index < -0.39 is 0 Å². The Balaban J connectivity index is 1.58. The zero-order valence-electron chi connectivity index (χ0n) is 13.4. The first kappa shape index (κ1) is 15.5. The Bertz CT molecular complexity index is 664. The molecule has 3 heterocycles. The third-order valence-corrected chi connectivity index (χ3v) is 4.02. The van der Waals surface area contributed by atoms with Gasteiger partial charge in [0.2, 0.25) is 0 Å². The van der Waals surface area contributed by atoms with Crippen LogP contribution >= 0.6 is 0 Å². The molecule has 0 aromatic carbocycles. The minimum Gasteiger partial charge on any atom is -0.371 e. The molecule has 8 nitrogen and oxygen atoms in total. The first-order chi connectivity index (χ1) is 11.1. The topological polar surface area (TPSA) is 86.0 Å². The van der Waals surface area contributed by atoms with E-state index in [1.165, 1.54) is 0 Å². The smallest absolute Gasteiger partial charge is 0.315 e. The van der Waals surface area contributed by atoms with E-state index in [-0.39, 0.29) is 18.2 Å². The van der Waals surface area contributed by atoms with E-state index in [2.05, 4.69) is 20.7 Å². The predicted octanol–water partition coefficient (Wildman–Crippen LogP) is 0.873. The molecule has 2 N–H and O–H groups in total. The molecule has 0 saturated carbocycles. The maximum absolute atomic E-state index is 12.2. The number of hydrogen-bond acceptors (Lipinski definition) is 4. The van der Waals surface area contributed by atoms with Gasteiger partial charge in [-0.25, -0.2) is 9.78 Å². The molecule has 2 aromatic heterocycles. The molecule has 3 rings (SSSR count). The van der Waals surface area contributed by atoms with Crippen LogP contribution in [0.25, 0.3) is 0 Å². The van der Waals surface area contributed by atoms with E-state index >= 15 is 0 Å². The average Bonchev–Trinajstić information content (AvgIpc) is 3.14. The average molecular weight is 318 g/mol. The summed E-state index contributed by atoms with van der Waals surface area (Å²) in [5.74, 6) is 0.809. The lowest BCUT2D eigenvalue weighted by molar-refractivity contribution is -0.00747. The second-order valence-corrected chi connectivity index (χ2v) is 5.77. The van der Waals surface area contributed by atoms with Crippen LogP contribution < -0.4 is 10.6 Å². The molecular weight excluding hydrogens is 296 g/mol. The third-order valence-electron chi connectivity index (χ3n) is 4.02. The molecule has 2 aromatic rings. The van der Waals surface area contributed by atoms with Crippen molar-refractivity contribution in [2.45, 2.75) is 31.5 Å². The lowest BCUT2D eigenvalue weighted by Crippen LogP contribution is -2.47. The minimum atomic E-state index is -0.211. The highest BCUT2D eigenvalue weighted by Gasteiger charge is 2.29. The van der Waals surface area contributed by atoms with Crippen molar-refractivity contribution in [2.24, 2.45) is 14.1 Å². The van der Waals surface area contributed by atoms with Gasteiger partial charge >= 0.3 is 6.03 Å². The quantitative estimate of drug-likeness (QED) is 0.876. The van der Waals surface area contributed by atoms with Gasteiger partial charge in [0.15, 0.2) is 0 Å². The Labute approximate surface area is 134 Å². The molecule has 1 aliphatic rings. The van der Waals surface area contributed by atoms with Crippen molar-refractivity contribution >= 4 is 6.03 Å². The van der Waals surface area contributed by atoms with Gasteiger partial charge in [0.05, 0.1) is 18.8 Å². The highest BCUT2D eigenvalue weighted by Crippen LogP contribution is 2.27. The fourth-order valence-corrected chi connectivity index (χ4v) is 2.79. The number of ether oxygens (including phenoxy) is 1. The van der Waals surface area contributed by atoms with E-state index in [4.69, 9.17) is 4.74 Å². The Hall–Kier alpha value is -2.35. The zero-order chi connectivity index (χ0) is 16.2. The summed E-state index contributed by atoms with van der Waals surface area (Å²) in [6, 6.07) is -0.272. The van der Waals surface area contributed by atoms with Crippen molar-refractivity contribution in [3.63, 3.8) is 0 Å². The highest BCUT2D eigenvalue weighted by atomic mass is 16.5. The van der Waals surface area contributed by atoms with Crippen molar-refractivity contribution in [3.05, 3.63) is 36.2 Å². The monoisotopic (exact) mass is 318 g/mol. The number of aromatic nitrogens is 4. The van der Waals surface area contributed by atoms with E-state index in [1.54, 1.807) is 17.1 Å². The van der Waals surface area contributed by atoms with Gasteiger partial charge < -0.3 is 19.9 Å². The van der Waals surface area contributed by atoms with Crippen LogP contribution in [0.2, 0.25) is 0 Å². The van der Waals surface area contributed by atoms with Crippen LogP contribution in [0, 0.1) is 0 Å². The molecule has 0 spiro atoms. The largest absolute Gasteiger partial charge is 0.371 e. The number of rotatable bonds is 4. The summed E-state index contributed by atoms with van der Waals surface area (Å²) in [6.07, 6.45) is 8.94. The number of nitrogens with one attached hydrogen (secondary N) is 2. The van der Waals surface area contributed by atoms with Crippen LogP contribution in [0.1, 0.15) is 30.3 Å². The predicted molar refractivity (Wildman–Crippen MR) is 83.5 cm³/mol. The highest BCUT2D eigenvalue weighted by molar-refractivity contribution is 5.74. The van der Waals surface area contributed by atoms with E-state index in [1.807, 2.05) is 31.1 Å². The van der Waals surface area contributed by atoms with Crippen LogP contribution in [-0.2, 0) is 25.4 Å². The molecule has 2 amide bonds. The molecule has 1 fully saturated rings. The molecule has 0 aliphatic carbocycles. The second-order valence-electron chi connectivity index (χ2n) is 5.77. The molecular formula is C15H22N6O2. The first-order valence-corrected chi connectivity index (χ1v) is 7.74. The maximum Gasteiger partial charge on any atom is 0.315 e. The number of nitrogens with zero attached hydrogens (tertiary/aromatic N) is 4. The van der Waals surface area contributed by atoms with Gasteiger partial charge in [-0.15, -0.1) is 0 Å². The van der Waals surface area contributed by atoms with Crippen molar-refractivity contribution in [1.82, 2.24) is 30.0 Å². The Morgan fingerprint density at radius 3 is 3.04 bits per heavy atom. The molecule has 23 heavy (non-hydrogen) atoms. The number of hydrogen-bond donors (Lipinski definition) is 2. The Kier molecular flexibility index (Phi) is 4.61. The van der Waals surface area contributed by atoms with Gasteiger partial charge in [0.25, 0.3) is 0 Å². The van der Waals surface area contributed by atoms with Crippen LogP contribution in [0.15, 0.2) is 24.8 Å². The Morgan fingerprint density at radius 1 is 1.48 bits per heavy atom. The summed E-state index contributed by atoms with van der Waals surface area (Å²) in [6.45, 7) is 1.09. The lowest BCUT2D eigenvalue weighted by atomic mass is 9.98. The zero-order valence-corrected chi connectivity index (χ0v) is 13.4. The van der Waals surface area contributed by atoms with Crippen LogP contribution in [-0.4, -0.2) is 38.0 Å². The summed E-state index contributed by atoms with van der Waals surface area (Å²) in [5.41, 5.74) is 0.988. The van der Waals surface area contributed by atoms with Crippen molar-refractivity contribution < 1.29 is 9.53 Å². The van der Waals surface area contributed by atoms with Crippen LogP contribution in [0.3, 0.4) is 0 Å². The number of carbonyl (C=O) groups is 1. The minimum absolute atomic E-state index is 0.0608. The Morgan fingerprint density at radius 2 is 2.35 bits per heavy atom. The van der Waals surface area contributed by atoms with Gasteiger partial charge in [0, 0.05) is 44.9 Å². The van der Waals surface area contributed by atoms with E-state index in [9.17, 15) is 4.79 Å². The van der Waals surface area contributed by atoms with E-state index in [0.29, 0.717) is 13.2 Å². The van der Waals surface area contributed by atoms with Gasteiger partial charge in [-0.2, -0.15) is 5.10 Å². The van der Waals surface area contributed by atoms with Crippen molar-refractivity contribution in [1.29, 1.82) is 0 Å². The first-order valence-electron chi connectivity index (χ1n) is 7.74. The normalized spacial score (nSPS) is 21.1. The van der Waals surface area contributed by atoms with Crippen LogP contribution in [0.5, 0.6) is 0 Å². The van der Waals surface area contributed by atoms with Crippen molar-refractivity contribution in [2.75, 3.05) is 6.61 Å². The van der Waals surface area contributed by atoms with Crippen LogP contribution in [0.4, 0.5) is 4.79 Å². The van der Waals surface area contributed by atoms with Gasteiger partial charge in [-0.1, -0.05) is 0 Å². The summed E-state index contributed by atoms with van der Waals surface area (Å²) >= 11 is 0. The number of carbonyl (C=O) groups excluding carboxylic acids is 1. The molecule has 2 atom stereocenters. The fraction of sp³-hybridized carbons (Fsp3) is 0.533. The molecule has 1 aliphatic heterocycles. The molecule has 0 unspecified atom stereocenters. The van der Waals surface area contributed by atoms with Crippen molar-refractivity contribution in [3.8, 4) is 0 Å². The molecule has 0 bridgehead atoms. The summed E-state index contributed by atoms with van der Waals surface area (Å²) in [5, 5.41) is 10.0. The van der Waals surface area contributed by atoms with Gasteiger partial charge in [0.1, 0.15) is 11.9 Å². The number of imidazole rings is 1. The fourth-order valence-electron chi connectivity index (χ4n) is 2.79. The standard InChI is InChI=1S/C15H22N6O2/c1-20-6-5-16-13(20)9-17-15(22)19-12-4-3-7-23-14(12)11-8-18-21(2)10-11/h5-6,8,10,12,14H,3-4,7,9H2,1-2H3,(H2,17,19,22)/t12-,14+/m0/s1. The molecule has 124 valence electrons. The number of urea groups is 1.